The number of furan rings is 1. The number of carbonyl (C=O) groups is 1. The van der Waals surface area contributed by atoms with Crippen molar-refractivity contribution < 1.29 is 14.3 Å². The van der Waals surface area contributed by atoms with Crippen molar-refractivity contribution >= 4 is 23.0 Å². The Labute approximate surface area is 144 Å². The summed E-state index contributed by atoms with van der Waals surface area (Å²) in [6, 6.07) is 7.65. The molecular formula is C17H19N3O3S. The Kier molecular flexibility index (Phi) is 4.22. The number of likely N-dealkylation sites (tertiary alicyclic amines) is 1. The number of aliphatic hydroxyl groups is 1. The molecule has 1 saturated heterocycles. The van der Waals surface area contributed by atoms with Crippen molar-refractivity contribution in [3.05, 3.63) is 46.5 Å². The van der Waals surface area contributed by atoms with Crippen molar-refractivity contribution in [2.75, 3.05) is 19.6 Å². The van der Waals surface area contributed by atoms with Crippen LogP contribution in [0.2, 0.25) is 0 Å². The van der Waals surface area contributed by atoms with Gasteiger partial charge in [0.05, 0.1) is 25.0 Å². The van der Waals surface area contributed by atoms with Crippen LogP contribution in [0.3, 0.4) is 0 Å². The fourth-order valence-corrected chi connectivity index (χ4v) is 4.07. The average Bonchev–Trinajstić information content (AvgIpc) is 3.34. The Bertz CT molecular complexity index is 726. The predicted octanol–water partition coefficient (Wildman–Crippen LogP) is 2.09. The van der Waals surface area contributed by atoms with Crippen molar-refractivity contribution in [1.82, 2.24) is 9.91 Å². The Morgan fingerprint density at radius 3 is 3.00 bits per heavy atom. The van der Waals surface area contributed by atoms with Gasteiger partial charge >= 0.3 is 0 Å². The molecule has 2 aromatic rings. The fourth-order valence-electron chi connectivity index (χ4n) is 3.25. The smallest absolute Gasteiger partial charge is 0.257 e. The maximum Gasteiger partial charge on any atom is 0.257 e. The second-order valence-corrected chi connectivity index (χ2v) is 7.15. The second-order valence-electron chi connectivity index (χ2n) is 6.18. The van der Waals surface area contributed by atoms with E-state index in [1.807, 2.05) is 34.5 Å². The molecule has 4 heterocycles. The number of nitrogens with zero attached hydrogens (tertiary/aromatic N) is 3. The van der Waals surface area contributed by atoms with E-state index < -0.39 is 0 Å². The number of hydrogen-bond donors (Lipinski definition) is 1. The number of carbonyl (C=O) groups excluding carboxylic acids is 1. The lowest BCUT2D eigenvalue weighted by Gasteiger charge is -2.23. The zero-order chi connectivity index (χ0) is 16.5. The van der Waals surface area contributed by atoms with Crippen LogP contribution >= 0.6 is 11.3 Å². The maximum atomic E-state index is 12.8. The molecule has 0 bridgehead atoms. The fraction of sp³-hybridized carbons (Fsp3) is 0.412. The van der Waals surface area contributed by atoms with Crippen LogP contribution in [-0.2, 0) is 4.79 Å². The zero-order valence-electron chi connectivity index (χ0n) is 13.2. The first-order chi connectivity index (χ1) is 11.7. The van der Waals surface area contributed by atoms with E-state index in [4.69, 9.17) is 4.42 Å². The van der Waals surface area contributed by atoms with Gasteiger partial charge in [0.15, 0.2) is 0 Å². The summed E-state index contributed by atoms with van der Waals surface area (Å²) < 4.78 is 5.45. The summed E-state index contributed by atoms with van der Waals surface area (Å²) in [5.74, 6) is 0.674. The maximum absolute atomic E-state index is 12.8. The molecule has 1 amide bonds. The van der Waals surface area contributed by atoms with Gasteiger partial charge in [-0.2, -0.15) is 5.10 Å². The lowest BCUT2D eigenvalue weighted by atomic mass is 10.1. The molecule has 0 radical (unpaired) electrons. The summed E-state index contributed by atoms with van der Waals surface area (Å²) >= 11 is 1.63. The van der Waals surface area contributed by atoms with Gasteiger partial charge in [0.2, 0.25) is 0 Å². The van der Waals surface area contributed by atoms with Crippen molar-refractivity contribution in [3.8, 4) is 0 Å². The topological polar surface area (TPSA) is 69.3 Å². The number of aliphatic hydroxyl groups excluding tert-OH is 1. The van der Waals surface area contributed by atoms with E-state index in [1.54, 1.807) is 22.6 Å². The van der Waals surface area contributed by atoms with Crippen molar-refractivity contribution in [2.45, 2.75) is 25.0 Å². The molecule has 6 nitrogen and oxygen atoms in total. The molecule has 1 fully saturated rings. The third-order valence-electron chi connectivity index (χ3n) is 4.45. The molecule has 24 heavy (non-hydrogen) atoms. The van der Waals surface area contributed by atoms with Gasteiger partial charge in [-0.15, -0.1) is 11.3 Å². The van der Waals surface area contributed by atoms with E-state index in [2.05, 4.69) is 5.10 Å². The zero-order valence-corrected chi connectivity index (χ0v) is 14.0. The summed E-state index contributed by atoms with van der Waals surface area (Å²) in [5, 5.41) is 17.8. The van der Waals surface area contributed by atoms with Crippen LogP contribution in [0.5, 0.6) is 0 Å². The van der Waals surface area contributed by atoms with Gasteiger partial charge in [-0.05, 0) is 30.0 Å². The highest BCUT2D eigenvalue weighted by Crippen LogP contribution is 2.35. The number of hydrazone groups is 1. The number of amides is 1. The molecule has 0 aromatic carbocycles. The third-order valence-corrected chi connectivity index (χ3v) is 5.42. The standard InChI is InChI=1S/C17H19N3O3S/c21-12-5-6-19(10-12)11-17(22)20-14(16-4-2-8-24-16)9-13(18-20)15-3-1-7-23-15/h1-4,7-8,12,14,21H,5-6,9-11H2/t12-,14?/m0/s1. The van der Waals surface area contributed by atoms with E-state index in [9.17, 15) is 9.90 Å². The minimum absolute atomic E-state index is 0.0379. The summed E-state index contributed by atoms with van der Waals surface area (Å²) in [6.07, 6.45) is 2.67. The third kappa shape index (κ3) is 3.02. The van der Waals surface area contributed by atoms with Gasteiger partial charge in [-0.1, -0.05) is 6.07 Å². The highest BCUT2D eigenvalue weighted by Gasteiger charge is 2.35. The van der Waals surface area contributed by atoms with E-state index in [-0.39, 0.29) is 24.6 Å². The van der Waals surface area contributed by atoms with Crippen LogP contribution in [0.15, 0.2) is 45.4 Å². The molecule has 1 unspecified atom stereocenters. The molecule has 0 spiro atoms. The van der Waals surface area contributed by atoms with Crippen LogP contribution in [0.4, 0.5) is 0 Å². The van der Waals surface area contributed by atoms with E-state index in [0.717, 1.165) is 23.6 Å². The highest BCUT2D eigenvalue weighted by molar-refractivity contribution is 7.10. The number of β-amino-alcohol motifs (C(OH)–C–C–N with tert-alkyl or cyclic N) is 1. The quantitative estimate of drug-likeness (QED) is 0.921. The molecule has 2 atom stereocenters. The summed E-state index contributed by atoms with van der Waals surface area (Å²) in [6.45, 7) is 1.59. The van der Waals surface area contributed by atoms with Crippen molar-refractivity contribution in [1.29, 1.82) is 0 Å². The molecule has 2 aromatic heterocycles. The Balaban J connectivity index is 1.55. The summed E-state index contributed by atoms with van der Waals surface area (Å²) in [5.41, 5.74) is 0.799. The first kappa shape index (κ1) is 15.6. The van der Waals surface area contributed by atoms with E-state index >= 15 is 0 Å². The minimum atomic E-state index is -0.327. The Hall–Kier alpha value is -1.96. The molecule has 4 rings (SSSR count). The Morgan fingerprint density at radius 1 is 1.42 bits per heavy atom. The van der Waals surface area contributed by atoms with Gasteiger partial charge in [-0.25, -0.2) is 5.01 Å². The summed E-state index contributed by atoms with van der Waals surface area (Å²) in [7, 11) is 0. The van der Waals surface area contributed by atoms with Crippen molar-refractivity contribution in [3.63, 3.8) is 0 Å². The lowest BCUT2D eigenvalue weighted by Crippen LogP contribution is -2.37. The molecule has 0 aliphatic carbocycles. The van der Waals surface area contributed by atoms with Gasteiger partial charge in [0.1, 0.15) is 11.5 Å². The molecule has 1 N–H and O–H groups in total. The largest absolute Gasteiger partial charge is 0.463 e. The van der Waals surface area contributed by atoms with Gasteiger partial charge in [0, 0.05) is 24.4 Å². The van der Waals surface area contributed by atoms with Gasteiger partial charge < -0.3 is 9.52 Å². The Morgan fingerprint density at radius 2 is 2.33 bits per heavy atom. The van der Waals surface area contributed by atoms with Gasteiger partial charge in [-0.3, -0.25) is 9.69 Å². The summed E-state index contributed by atoms with van der Waals surface area (Å²) in [4.78, 5) is 15.9. The molecule has 2 aliphatic rings. The molecule has 126 valence electrons. The first-order valence-electron chi connectivity index (χ1n) is 8.08. The normalized spacial score (nSPS) is 24.5. The lowest BCUT2D eigenvalue weighted by molar-refractivity contribution is -0.134. The first-order valence-corrected chi connectivity index (χ1v) is 8.96. The molecule has 7 heteroatoms. The van der Waals surface area contributed by atoms with Crippen LogP contribution in [0.25, 0.3) is 0 Å². The predicted molar refractivity (Wildman–Crippen MR) is 90.8 cm³/mol. The second kappa shape index (κ2) is 6.51. The van der Waals surface area contributed by atoms with Crippen LogP contribution in [0.1, 0.15) is 29.5 Å². The van der Waals surface area contributed by atoms with E-state index in [1.165, 1.54) is 0 Å². The number of thiophene rings is 1. The van der Waals surface area contributed by atoms with Gasteiger partial charge in [0.25, 0.3) is 5.91 Å². The van der Waals surface area contributed by atoms with Crippen molar-refractivity contribution in [2.24, 2.45) is 5.10 Å². The van der Waals surface area contributed by atoms with Crippen LogP contribution in [0, 0.1) is 0 Å². The molecular weight excluding hydrogens is 326 g/mol. The highest BCUT2D eigenvalue weighted by atomic mass is 32.1. The SMILES string of the molecule is O=C(CN1CC[C@H](O)C1)N1N=C(c2ccco2)CC1c1cccs1. The monoisotopic (exact) mass is 345 g/mol. The van der Waals surface area contributed by atoms with Crippen LogP contribution < -0.4 is 0 Å². The average molecular weight is 345 g/mol. The molecule has 0 saturated carbocycles. The van der Waals surface area contributed by atoms with E-state index in [0.29, 0.717) is 18.7 Å². The molecule has 2 aliphatic heterocycles. The minimum Gasteiger partial charge on any atom is -0.463 e. The number of hydrogen-bond acceptors (Lipinski definition) is 6. The van der Waals surface area contributed by atoms with Crippen LogP contribution in [-0.4, -0.2) is 52.4 Å². The number of rotatable bonds is 4.